The number of nitrogens with one attached hydrogen (secondary N) is 1. The standard InChI is InChI=1S/C14H22ClN/c1-5-16-13(10-14(2,3)4)11-7-6-8-12(15)9-11/h6-9,13,16H,5,10H2,1-4H3. The van der Waals surface area contributed by atoms with Crippen molar-refractivity contribution in [3.8, 4) is 0 Å². The summed E-state index contributed by atoms with van der Waals surface area (Å²) in [6.07, 6.45) is 1.11. The Bertz CT molecular complexity index is 328. The van der Waals surface area contributed by atoms with Crippen molar-refractivity contribution in [1.29, 1.82) is 0 Å². The van der Waals surface area contributed by atoms with Gasteiger partial charge in [0.05, 0.1) is 0 Å². The van der Waals surface area contributed by atoms with Crippen molar-refractivity contribution in [2.24, 2.45) is 5.41 Å². The summed E-state index contributed by atoms with van der Waals surface area (Å²) in [6.45, 7) is 9.92. The molecule has 0 saturated heterocycles. The van der Waals surface area contributed by atoms with E-state index in [1.807, 2.05) is 12.1 Å². The number of hydrogen-bond donors (Lipinski definition) is 1. The summed E-state index contributed by atoms with van der Waals surface area (Å²) in [4.78, 5) is 0. The third kappa shape index (κ3) is 4.54. The van der Waals surface area contributed by atoms with Gasteiger partial charge in [-0.2, -0.15) is 0 Å². The maximum atomic E-state index is 6.03. The molecule has 1 rings (SSSR count). The van der Waals surface area contributed by atoms with Crippen LogP contribution in [0.2, 0.25) is 5.02 Å². The SMILES string of the molecule is CCNC(CC(C)(C)C)c1cccc(Cl)c1. The summed E-state index contributed by atoms with van der Waals surface area (Å²) in [7, 11) is 0. The second-order valence-electron chi connectivity index (χ2n) is 5.43. The van der Waals surface area contributed by atoms with Gasteiger partial charge in [-0.05, 0) is 36.1 Å². The molecule has 0 spiro atoms. The van der Waals surface area contributed by atoms with Crippen molar-refractivity contribution in [2.45, 2.75) is 40.2 Å². The molecule has 16 heavy (non-hydrogen) atoms. The van der Waals surface area contributed by atoms with Crippen LogP contribution in [-0.2, 0) is 0 Å². The van der Waals surface area contributed by atoms with Gasteiger partial charge in [-0.1, -0.05) is 51.4 Å². The Kier molecular flexibility index (Phi) is 4.82. The average molecular weight is 240 g/mol. The monoisotopic (exact) mass is 239 g/mol. The third-order valence-electron chi connectivity index (χ3n) is 2.52. The van der Waals surface area contributed by atoms with Crippen molar-refractivity contribution < 1.29 is 0 Å². The normalized spacial score (nSPS) is 13.8. The van der Waals surface area contributed by atoms with Gasteiger partial charge in [0.2, 0.25) is 0 Å². The molecule has 0 saturated carbocycles. The van der Waals surface area contributed by atoms with Gasteiger partial charge in [-0.15, -0.1) is 0 Å². The first-order chi connectivity index (χ1) is 7.42. The Morgan fingerprint density at radius 3 is 2.50 bits per heavy atom. The highest BCUT2D eigenvalue weighted by atomic mass is 35.5. The molecule has 0 aliphatic heterocycles. The minimum atomic E-state index is 0.315. The molecule has 0 aromatic heterocycles. The maximum absolute atomic E-state index is 6.03. The van der Waals surface area contributed by atoms with Crippen LogP contribution in [0.1, 0.15) is 45.7 Å². The third-order valence-corrected chi connectivity index (χ3v) is 2.75. The van der Waals surface area contributed by atoms with E-state index in [0.717, 1.165) is 18.0 Å². The predicted octanol–water partition coefficient (Wildman–Crippen LogP) is 4.43. The fraction of sp³-hybridized carbons (Fsp3) is 0.571. The quantitative estimate of drug-likeness (QED) is 0.820. The molecule has 0 bridgehead atoms. The summed E-state index contributed by atoms with van der Waals surface area (Å²) < 4.78 is 0. The zero-order valence-electron chi connectivity index (χ0n) is 10.7. The van der Waals surface area contributed by atoms with Gasteiger partial charge >= 0.3 is 0 Å². The lowest BCUT2D eigenvalue weighted by atomic mass is 9.85. The molecule has 1 nitrogen and oxygen atoms in total. The van der Waals surface area contributed by atoms with E-state index in [2.05, 4.69) is 45.1 Å². The van der Waals surface area contributed by atoms with Crippen molar-refractivity contribution >= 4 is 11.6 Å². The van der Waals surface area contributed by atoms with Gasteiger partial charge in [0.1, 0.15) is 0 Å². The Labute approximate surface area is 104 Å². The average Bonchev–Trinajstić information content (AvgIpc) is 2.15. The van der Waals surface area contributed by atoms with Crippen LogP contribution in [-0.4, -0.2) is 6.54 Å². The molecule has 0 amide bonds. The first kappa shape index (κ1) is 13.5. The molecular formula is C14H22ClN. The molecule has 1 N–H and O–H groups in total. The molecule has 90 valence electrons. The van der Waals surface area contributed by atoms with Crippen LogP contribution in [0.15, 0.2) is 24.3 Å². The highest BCUT2D eigenvalue weighted by Gasteiger charge is 2.19. The van der Waals surface area contributed by atoms with Crippen molar-refractivity contribution in [3.63, 3.8) is 0 Å². The number of halogens is 1. The lowest BCUT2D eigenvalue weighted by Crippen LogP contribution is -2.25. The first-order valence-corrected chi connectivity index (χ1v) is 6.29. The fourth-order valence-corrected chi connectivity index (χ4v) is 2.09. The molecule has 1 atom stereocenters. The lowest BCUT2D eigenvalue weighted by molar-refractivity contribution is 0.314. The second kappa shape index (κ2) is 5.70. The highest BCUT2D eigenvalue weighted by molar-refractivity contribution is 6.30. The molecule has 1 aromatic rings. The Morgan fingerprint density at radius 1 is 1.31 bits per heavy atom. The van der Waals surface area contributed by atoms with Crippen molar-refractivity contribution in [3.05, 3.63) is 34.9 Å². The highest BCUT2D eigenvalue weighted by Crippen LogP contribution is 2.30. The zero-order chi connectivity index (χ0) is 12.2. The zero-order valence-corrected chi connectivity index (χ0v) is 11.4. The van der Waals surface area contributed by atoms with Crippen LogP contribution < -0.4 is 5.32 Å². The van der Waals surface area contributed by atoms with E-state index < -0.39 is 0 Å². The number of benzene rings is 1. The molecule has 0 radical (unpaired) electrons. The van der Waals surface area contributed by atoms with Crippen LogP contribution >= 0.6 is 11.6 Å². The maximum Gasteiger partial charge on any atom is 0.0409 e. The molecule has 0 fully saturated rings. The van der Waals surface area contributed by atoms with Gasteiger partial charge in [-0.3, -0.25) is 0 Å². The number of hydrogen-bond acceptors (Lipinski definition) is 1. The molecule has 0 aliphatic rings. The minimum absolute atomic E-state index is 0.315. The predicted molar refractivity (Wildman–Crippen MR) is 71.9 cm³/mol. The fourth-order valence-electron chi connectivity index (χ4n) is 1.89. The molecule has 1 unspecified atom stereocenters. The molecular weight excluding hydrogens is 218 g/mol. The van der Waals surface area contributed by atoms with E-state index in [9.17, 15) is 0 Å². The summed E-state index contributed by atoms with van der Waals surface area (Å²) in [5.74, 6) is 0. The van der Waals surface area contributed by atoms with E-state index in [4.69, 9.17) is 11.6 Å². The van der Waals surface area contributed by atoms with Gasteiger partial charge in [0, 0.05) is 11.1 Å². The summed E-state index contributed by atoms with van der Waals surface area (Å²) >= 11 is 6.03. The topological polar surface area (TPSA) is 12.0 Å². The minimum Gasteiger partial charge on any atom is -0.310 e. The lowest BCUT2D eigenvalue weighted by Gasteiger charge is -2.27. The number of rotatable bonds is 4. The van der Waals surface area contributed by atoms with Crippen molar-refractivity contribution in [1.82, 2.24) is 5.32 Å². The van der Waals surface area contributed by atoms with E-state index in [1.54, 1.807) is 0 Å². The van der Waals surface area contributed by atoms with Crippen LogP contribution in [0.4, 0.5) is 0 Å². The van der Waals surface area contributed by atoms with Gasteiger partial charge in [-0.25, -0.2) is 0 Å². The van der Waals surface area contributed by atoms with Crippen LogP contribution in [0.3, 0.4) is 0 Å². The van der Waals surface area contributed by atoms with E-state index >= 15 is 0 Å². The van der Waals surface area contributed by atoms with E-state index in [1.165, 1.54) is 5.56 Å². The second-order valence-corrected chi connectivity index (χ2v) is 5.87. The first-order valence-electron chi connectivity index (χ1n) is 5.91. The smallest absolute Gasteiger partial charge is 0.0409 e. The van der Waals surface area contributed by atoms with E-state index in [0.29, 0.717) is 11.5 Å². The Hall–Kier alpha value is -0.530. The molecule has 0 heterocycles. The van der Waals surface area contributed by atoms with Crippen LogP contribution in [0.25, 0.3) is 0 Å². The van der Waals surface area contributed by atoms with Crippen molar-refractivity contribution in [2.75, 3.05) is 6.54 Å². The largest absolute Gasteiger partial charge is 0.310 e. The molecule has 0 aliphatic carbocycles. The van der Waals surface area contributed by atoms with Crippen LogP contribution in [0.5, 0.6) is 0 Å². The summed E-state index contributed by atoms with van der Waals surface area (Å²) in [6, 6.07) is 8.53. The van der Waals surface area contributed by atoms with Gasteiger partial charge < -0.3 is 5.32 Å². The van der Waals surface area contributed by atoms with Gasteiger partial charge in [0.15, 0.2) is 0 Å². The molecule has 2 heteroatoms. The Balaban J connectivity index is 2.85. The summed E-state index contributed by atoms with van der Waals surface area (Å²) in [5, 5.41) is 4.34. The van der Waals surface area contributed by atoms with Gasteiger partial charge in [0.25, 0.3) is 0 Å². The molecule has 1 aromatic carbocycles. The summed E-state index contributed by atoms with van der Waals surface area (Å²) in [5.41, 5.74) is 1.60. The van der Waals surface area contributed by atoms with E-state index in [-0.39, 0.29) is 0 Å². The van der Waals surface area contributed by atoms with Crippen LogP contribution in [0, 0.1) is 5.41 Å². The Morgan fingerprint density at radius 2 is 2.00 bits per heavy atom.